The summed E-state index contributed by atoms with van der Waals surface area (Å²) in [7, 11) is 1.98. The first-order valence-electron chi connectivity index (χ1n) is 6.52. The quantitative estimate of drug-likeness (QED) is 0.908. The van der Waals surface area contributed by atoms with Crippen LogP contribution in [0.15, 0.2) is 34.7 Å². The number of benzene rings is 1. The van der Waals surface area contributed by atoms with Crippen molar-refractivity contribution in [3.63, 3.8) is 0 Å². The minimum absolute atomic E-state index is 0.0312. The molecule has 0 fully saturated rings. The molecule has 2 aromatic rings. The van der Waals surface area contributed by atoms with E-state index in [9.17, 15) is 4.79 Å². The van der Waals surface area contributed by atoms with Gasteiger partial charge in [-0.1, -0.05) is 29.8 Å². The van der Waals surface area contributed by atoms with E-state index in [1.54, 1.807) is 13.0 Å². The predicted molar refractivity (Wildman–Crippen MR) is 76.8 cm³/mol. The standard InChI is InChI=1S/C16H19NO3/c1-11-4-6-13(7-5-11)9-17(3)10-14-8-12(2)15(20-14)16(18)19/h4-8H,9-10H2,1-3H3,(H,18,19). The summed E-state index contributed by atoms with van der Waals surface area (Å²) in [4.78, 5) is 13.0. The topological polar surface area (TPSA) is 53.7 Å². The summed E-state index contributed by atoms with van der Waals surface area (Å²) in [5.74, 6) is -0.312. The largest absolute Gasteiger partial charge is 0.475 e. The summed E-state index contributed by atoms with van der Waals surface area (Å²) >= 11 is 0. The number of hydrogen-bond donors (Lipinski definition) is 1. The molecule has 20 heavy (non-hydrogen) atoms. The molecule has 1 N–H and O–H groups in total. The fourth-order valence-electron chi connectivity index (χ4n) is 2.17. The van der Waals surface area contributed by atoms with Crippen molar-refractivity contribution >= 4 is 5.97 Å². The molecule has 1 aromatic carbocycles. The molecule has 0 saturated carbocycles. The maximum absolute atomic E-state index is 10.9. The zero-order chi connectivity index (χ0) is 14.7. The van der Waals surface area contributed by atoms with Gasteiger partial charge in [0.1, 0.15) is 5.76 Å². The van der Waals surface area contributed by atoms with E-state index >= 15 is 0 Å². The molecule has 0 unspecified atom stereocenters. The summed E-state index contributed by atoms with van der Waals surface area (Å²) in [6, 6.07) is 10.2. The van der Waals surface area contributed by atoms with Crippen LogP contribution in [0.2, 0.25) is 0 Å². The Balaban J connectivity index is 2.00. The summed E-state index contributed by atoms with van der Waals surface area (Å²) in [6.07, 6.45) is 0. The van der Waals surface area contributed by atoms with Crippen molar-refractivity contribution in [2.75, 3.05) is 7.05 Å². The van der Waals surface area contributed by atoms with Gasteiger partial charge in [-0.05, 0) is 32.5 Å². The van der Waals surface area contributed by atoms with Gasteiger partial charge in [-0.15, -0.1) is 0 Å². The molecule has 0 amide bonds. The molecule has 0 atom stereocenters. The normalized spacial score (nSPS) is 11.0. The van der Waals surface area contributed by atoms with Crippen molar-refractivity contribution < 1.29 is 14.3 Å². The van der Waals surface area contributed by atoms with Crippen molar-refractivity contribution in [3.8, 4) is 0 Å². The van der Waals surface area contributed by atoms with Crippen LogP contribution in [0.25, 0.3) is 0 Å². The number of aryl methyl sites for hydroxylation is 2. The van der Waals surface area contributed by atoms with Crippen LogP contribution in [-0.2, 0) is 13.1 Å². The highest BCUT2D eigenvalue weighted by Crippen LogP contribution is 2.17. The second kappa shape index (κ2) is 5.92. The molecule has 2 rings (SSSR count). The van der Waals surface area contributed by atoms with Crippen LogP contribution in [0.4, 0.5) is 0 Å². The molecular formula is C16H19NO3. The third-order valence-electron chi connectivity index (χ3n) is 3.16. The van der Waals surface area contributed by atoms with Gasteiger partial charge in [0, 0.05) is 12.1 Å². The van der Waals surface area contributed by atoms with Gasteiger partial charge in [-0.3, -0.25) is 4.90 Å². The number of carboxylic acid groups (broad SMARTS) is 1. The Bertz CT molecular complexity index is 599. The summed E-state index contributed by atoms with van der Waals surface area (Å²) in [5, 5.41) is 8.97. The molecule has 1 aromatic heterocycles. The lowest BCUT2D eigenvalue weighted by Crippen LogP contribution is -2.16. The highest BCUT2D eigenvalue weighted by Gasteiger charge is 2.15. The molecule has 0 aliphatic heterocycles. The predicted octanol–water partition coefficient (Wildman–Crippen LogP) is 3.23. The molecule has 4 heteroatoms. The SMILES string of the molecule is Cc1ccc(CN(C)Cc2cc(C)c(C(=O)O)o2)cc1. The van der Waals surface area contributed by atoms with E-state index in [-0.39, 0.29) is 5.76 Å². The molecule has 106 valence electrons. The van der Waals surface area contributed by atoms with Crippen LogP contribution in [0.5, 0.6) is 0 Å². The maximum atomic E-state index is 10.9. The van der Waals surface area contributed by atoms with E-state index in [0.717, 1.165) is 6.54 Å². The number of rotatable bonds is 5. The molecule has 0 radical (unpaired) electrons. The Labute approximate surface area is 118 Å². The van der Waals surface area contributed by atoms with Crippen LogP contribution in [0.3, 0.4) is 0 Å². The fraction of sp³-hybridized carbons (Fsp3) is 0.312. The average molecular weight is 273 g/mol. The Hall–Kier alpha value is -2.07. The van der Waals surface area contributed by atoms with Gasteiger partial charge in [-0.25, -0.2) is 4.79 Å². The van der Waals surface area contributed by atoms with E-state index in [2.05, 4.69) is 36.1 Å². The van der Waals surface area contributed by atoms with E-state index < -0.39 is 5.97 Å². The third-order valence-corrected chi connectivity index (χ3v) is 3.16. The Morgan fingerprint density at radius 2 is 1.85 bits per heavy atom. The highest BCUT2D eigenvalue weighted by atomic mass is 16.4. The van der Waals surface area contributed by atoms with Gasteiger partial charge in [0.2, 0.25) is 5.76 Å². The van der Waals surface area contributed by atoms with Crippen molar-refractivity contribution in [1.82, 2.24) is 4.90 Å². The average Bonchev–Trinajstić information content (AvgIpc) is 2.73. The van der Waals surface area contributed by atoms with E-state index in [4.69, 9.17) is 9.52 Å². The van der Waals surface area contributed by atoms with Gasteiger partial charge in [0.15, 0.2) is 0 Å². The molecular weight excluding hydrogens is 254 g/mol. The first kappa shape index (κ1) is 14.3. The molecule has 0 aliphatic rings. The van der Waals surface area contributed by atoms with Crippen LogP contribution in [0, 0.1) is 13.8 Å². The smallest absolute Gasteiger partial charge is 0.372 e. The van der Waals surface area contributed by atoms with Crippen LogP contribution >= 0.6 is 0 Å². The molecule has 0 aliphatic carbocycles. The lowest BCUT2D eigenvalue weighted by Gasteiger charge is -2.15. The summed E-state index contributed by atoms with van der Waals surface area (Å²) in [5.41, 5.74) is 3.13. The molecule has 1 heterocycles. The van der Waals surface area contributed by atoms with Crippen molar-refractivity contribution in [1.29, 1.82) is 0 Å². The van der Waals surface area contributed by atoms with Gasteiger partial charge in [-0.2, -0.15) is 0 Å². The maximum Gasteiger partial charge on any atom is 0.372 e. The number of nitrogens with zero attached hydrogens (tertiary/aromatic N) is 1. The summed E-state index contributed by atoms with van der Waals surface area (Å²) < 4.78 is 5.36. The van der Waals surface area contributed by atoms with Crippen LogP contribution < -0.4 is 0 Å². The lowest BCUT2D eigenvalue weighted by atomic mass is 10.1. The van der Waals surface area contributed by atoms with Crippen molar-refractivity contribution in [2.45, 2.75) is 26.9 Å². The number of aromatic carboxylic acids is 1. The van der Waals surface area contributed by atoms with E-state index in [0.29, 0.717) is 17.9 Å². The first-order valence-corrected chi connectivity index (χ1v) is 6.52. The van der Waals surface area contributed by atoms with Crippen LogP contribution in [0.1, 0.15) is 33.0 Å². The van der Waals surface area contributed by atoms with Gasteiger partial charge >= 0.3 is 5.97 Å². The Morgan fingerprint density at radius 1 is 1.20 bits per heavy atom. The number of furan rings is 1. The third kappa shape index (κ3) is 3.48. The second-order valence-corrected chi connectivity index (χ2v) is 5.19. The van der Waals surface area contributed by atoms with E-state index in [1.807, 2.05) is 7.05 Å². The molecule has 0 spiro atoms. The molecule has 0 bridgehead atoms. The monoisotopic (exact) mass is 273 g/mol. The van der Waals surface area contributed by atoms with Crippen LogP contribution in [-0.4, -0.2) is 23.0 Å². The fourth-order valence-corrected chi connectivity index (χ4v) is 2.17. The zero-order valence-corrected chi connectivity index (χ0v) is 12.0. The highest BCUT2D eigenvalue weighted by molar-refractivity contribution is 5.86. The Morgan fingerprint density at radius 3 is 2.40 bits per heavy atom. The molecule has 0 saturated heterocycles. The van der Waals surface area contributed by atoms with Gasteiger partial charge in [0.25, 0.3) is 0 Å². The molecule has 4 nitrogen and oxygen atoms in total. The minimum Gasteiger partial charge on any atom is -0.475 e. The van der Waals surface area contributed by atoms with E-state index in [1.165, 1.54) is 11.1 Å². The lowest BCUT2D eigenvalue weighted by molar-refractivity contribution is 0.0657. The number of hydrogen-bond acceptors (Lipinski definition) is 3. The zero-order valence-electron chi connectivity index (χ0n) is 12.0. The van der Waals surface area contributed by atoms with Crippen molar-refractivity contribution in [3.05, 3.63) is 58.5 Å². The first-order chi connectivity index (χ1) is 9.45. The number of carboxylic acids is 1. The second-order valence-electron chi connectivity index (χ2n) is 5.19. The minimum atomic E-state index is -1.02. The van der Waals surface area contributed by atoms with Crippen molar-refractivity contribution in [2.24, 2.45) is 0 Å². The summed E-state index contributed by atoms with van der Waals surface area (Å²) in [6.45, 7) is 5.19. The Kier molecular flexibility index (Phi) is 4.25. The van der Waals surface area contributed by atoms with Gasteiger partial charge < -0.3 is 9.52 Å². The van der Waals surface area contributed by atoms with Gasteiger partial charge in [0.05, 0.1) is 6.54 Å². The number of carbonyl (C=O) groups is 1.